The molecule has 3 aromatic rings. The van der Waals surface area contributed by atoms with Crippen LogP contribution in [0, 0.1) is 6.92 Å². The number of hydrogen-bond acceptors (Lipinski definition) is 4. The molecular weight excluding hydrogens is 412 g/mol. The van der Waals surface area contributed by atoms with Gasteiger partial charge in [0, 0.05) is 21.0 Å². The fourth-order valence-electron chi connectivity index (χ4n) is 2.53. The zero-order valence-electron chi connectivity index (χ0n) is 15.4. The number of sulfonamides is 1. The zero-order valence-corrected chi connectivity index (χ0v) is 17.8. The maximum atomic E-state index is 12.6. The quantitative estimate of drug-likeness (QED) is 0.336. The van der Waals surface area contributed by atoms with E-state index in [1.54, 1.807) is 48.2 Å². The first-order valence-corrected chi connectivity index (χ1v) is 11.5. The summed E-state index contributed by atoms with van der Waals surface area (Å²) in [5.41, 5.74) is 3.05. The average Bonchev–Trinajstić information content (AvgIpc) is 2.70. The largest absolute Gasteiger partial charge is 0.276 e. The van der Waals surface area contributed by atoms with E-state index in [9.17, 15) is 8.42 Å². The highest BCUT2D eigenvalue weighted by Gasteiger charge is 2.14. The van der Waals surface area contributed by atoms with Crippen molar-refractivity contribution in [2.75, 3.05) is 6.26 Å². The van der Waals surface area contributed by atoms with Crippen LogP contribution in [0.5, 0.6) is 0 Å². The van der Waals surface area contributed by atoms with Gasteiger partial charge in [0.1, 0.15) is 0 Å². The van der Waals surface area contributed by atoms with Gasteiger partial charge in [0.25, 0.3) is 10.0 Å². The number of hydrogen-bond donors (Lipinski definition) is 1. The normalized spacial score (nSPS) is 12.0. The summed E-state index contributed by atoms with van der Waals surface area (Å²) >= 11 is 7.62. The highest BCUT2D eigenvalue weighted by Crippen LogP contribution is 2.19. The molecule has 0 fully saturated rings. The Morgan fingerprint density at radius 3 is 1.96 bits per heavy atom. The molecule has 0 bridgehead atoms. The molecule has 4 nitrogen and oxygen atoms in total. The summed E-state index contributed by atoms with van der Waals surface area (Å²) in [5, 5.41) is 4.85. The van der Waals surface area contributed by atoms with Gasteiger partial charge < -0.3 is 0 Å². The van der Waals surface area contributed by atoms with Crippen molar-refractivity contribution in [1.29, 1.82) is 0 Å². The molecule has 1 N–H and O–H groups in total. The van der Waals surface area contributed by atoms with Gasteiger partial charge in [-0.3, -0.25) is 0 Å². The smallest absolute Gasteiger partial charge is 0.200 e. The number of nitrogens with zero attached hydrogens (tertiary/aromatic N) is 1. The standard InChI is InChI=1S/C21H19ClN2O2S2/c1-15-3-13-20(14-4-15)28(25,26)24-23-21(16-5-9-18(22)10-6-16)17-7-11-19(27-2)12-8-17/h3-14,24H,1-2H3. The van der Waals surface area contributed by atoms with Crippen LogP contribution in [0.25, 0.3) is 0 Å². The molecule has 0 radical (unpaired) electrons. The molecule has 144 valence electrons. The zero-order chi connectivity index (χ0) is 20.1. The third-order valence-electron chi connectivity index (χ3n) is 4.09. The second-order valence-electron chi connectivity index (χ2n) is 6.10. The Balaban J connectivity index is 2.00. The predicted octanol–water partition coefficient (Wildman–Crippen LogP) is 5.10. The van der Waals surface area contributed by atoms with Gasteiger partial charge in [-0.1, -0.05) is 53.6 Å². The van der Waals surface area contributed by atoms with E-state index >= 15 is 0 Å². The Morgan fingerprint density at radius 2 is 1.43 bits per heavy atom. The Hall–Kier alpha value is -2.28. The lowest BCUT2D eigenvalue weighted by Crippen LogP contribution is -2.21. The van der Waals surface area contributed by atoms with E-state index in [0.29, 0.717) is 10.7 Å². The molecule has 3 aromatic carbocycles. The van der Waals surface area contributed by atoms with Crippen LogP contribution in [0.15, 0.2) is 87.7 Å². The average molecular weight is 431 g/mol. The number of thioether (sulfide) groups is 1. The van der Waals surface area contributed by atoms with Crippen molar-refractivity contribution in [2.45, 2.75) is 16.7 Å². The lowest BCUT2D eigenvalue weighted by Gasteiger charge is -2.10. The molecule has 0 aliphatic heterocycles. The van der Waals surface area contributed by atoms with E-state index < -0.39 is 10.0 Å². The molecule has 0 aliphatic rings. The number of hydrazone groups is 1. The minimum atomic E-state index is -3.78. The first kappa shape index (κ1) is 20.5. The van der Waals surface area contributed by atoms with E-state index in [-0.39, 0.29) is 4.90 Å². The second-order valence-corrected chi connectivity index (χ2v) is 9.08. The lowest BCUT2D eigenvalue weighted by atomic mass is 10.0. The second kappa shape index (κ2) is 8.82. The minimum absolute atomic E-state index is 0.162. The van der Waals surface area contributed by atoms with Crippen LogP contribution in [-0.4, -0.2) is 20.4 Å². The van der Waals surface area contributed by atoms with Crippen molar-refractivity contribution in [2.24, 2.45) is 5.10 Å². The highest BCUT2D eigenvalue weighted by atomic mass is 35.5. The predicted molar refractivity (Wildman–Crippen MR) is 117 cm³/mol. The summed E-state index contributed by atoms with van der Waals surface area (Å²) in [4.78, 5) is 3.63. The summed E-state index contributed by atoms with van der Waals surface area (Å²) < 4.78 is 25.2. The van der Waals surface area contributed by atoms with Crippen LogP contribution in [-0.2, 0) is 10.0 Å². The first-order valence-electron chi connectivity index (χ1n) is 8.45. The van der Waals surface area contributed by atoms with Gasteiger partial charge >= 0.3 is 0 Å². The van der Waals surface area contributed by atoms with Gasteiger partial charge in [-0.2, -0.15) is 18.4 Å². The van der Waals surface area contributed by atoms with Crippen LogP contribution in [0.2, 0.25) is 5.02 Å². The molecule has 28 heavy (non-hydrogen) atoms. The molecule has 7 heteroatoms. The van der Waals surface area contributed by atoms with E-state index in [0.717, 1.165) is 21.6 Å². The maximum absolute atomic E-state index is 12.6. The number of rotatable bonds is 6. The Morgan fingerprint density at radius 1 is 0.893 bits per heavy atom. The third kappa shape index (κ3) is 4.95. The van der Waals surface area contributed by atoms with E-state index in [1.807, 2.05) is 49.6 Å². The molecular formula is C21H19ClN2O2S2. The number of nitrogens with one attached hydrogen (secondary N) is 1. The summed E-state index contributed by atoms with van der Waals surface area (Å²) in [7, 11) is -3.78. The lowest BCUT2D eigenvalue weighted by molar-refractivity contribution is 0.584. The van der Waals surface area contributed by atoms with Gasteiger partial charge in [0.15, 0.2) is 0 Å². The molecule has 0 heterocycles. The van der Waals surface area contributed by atoms with Crippen molar-refractivity contribution in [3.05, 3.63) is 94.5 Å². The molecule has 0 aliphatic carbocycles. The van der Waals surface area contributed by atoms with Crippen LogP contribution >= 0.6 is 23.4 Å². The number of halogens is 1. The summed E-state index contributed by atoms with van der Waals surface area (Å²) in [6.07, 6.45) is 2.00. The fraction of sp³-hybridized carbons (Fsp3) is 0.0952. The molecule has 0 unspecified atom stereocenters. The molecule has 0 saturated carbocycles. The van der Waals surface area contributed by atoms with Crippen molar-refractivity contribution >= 4 is 39.1 Å². The molecule has 3 rings (SSSR count). The SMILES string of the molecule is CSc1ccc(C(=NNS(=O)(=O)c2ccc(C)cc2)c2ccc(Cl)cc2)cc1. The summed E-state index contributed by atoms with van der Waals surface area (Å²) in [5.74, 6) is 0. The summed E-state index contributed by atoms with van der Waals surface area (Å²) in [6.45, 7) is 1.90. The molecule has 0 saturated heterocycles. The summed E-state index contributed by atoms with van der Waals surface area (Å²) in [6, 6.07) is 21.5. The first-order chi connectivity index (χ1) is 13.4. The topological polar surface area (TPSA) is 58.5 Å². The van der Waals surface area contributed by atoms with Crippen molar-refractivity contribution in [1.82, 2.24) is 4.83 Å². The van der Waals surface area contributed by atoms with Crippen LogP contribution in [0.4, 0.5) is 0 Å². The van der Waals surface area contributed by atoms with E-state index in [2.05, 4.69) is 9.93 Å². The van der Waals surface area contributed by atoms with Crippen LogP contribution in [0.3, 0.4) is 0 Å². The van der Waals surface area contributed by atoms with Gasteiger partial charge in [0.05, 0.1) is 10.6 Å². The van der Waals surface area contributed by atoms with Crippen molar-refractivity contribution < 1.29 is 8.42 Å². The van der Waals surface area contributed by atoms with Gasteiger partial charge in [-0.25, -0.2) is 0 Å². The van der Waals surface area contributed by atoms with Gasteiger partial charge in [-0.05, 0) is 49.6 Å². The highest BCUT2D eigenvalue weighted by molar-refractivity contribution is 7.98. The molecule has 0 atom stereocenters. The van der Waals surface area contributed by atoms with Gasteiger partial charge in [-0.15, -0.1) is 11.8 Å². The Labute approximate surface area is 174 Å². The minimum Gasteiger partial charge on any atom is -0.200 e. The van der Waals surface area contributed by atoms with Crippen molar-refractivity contribution in [3.63, 3.8) is 0 Å². The van der Waals surface area contributed by atoms with E-state index in [4.69, 9.17) is 11.6 Å². The Bertz CT molecular complexity index is 1080. The molecule has 0 aromatic heterocycles. The van der Waals surface area contributed by atoms with Crippen molar-refractivity contribution in [3.8, 4) is 0 Å². The van der Waals surface area contributed by atoms with Crippen LogP contribution in [0.1, 0.15) is 16.7 Å². The Kier molecular flexibility index (Phi) is 6.44. The molecule has 0 amide bonds. The molecule has 0 spiro atoms. The van der Waals surface area contributed by atoms with E-state index in [1.165, 1.54) is 0 Å². The third-order valence-corrected chi connectivity index (χ3v) is 6.31. The number of benzene rings is 3. The monoisotopic (exact) mass is 430 g/mol. The maximum Gasteiger partial charge on any atom is 0.276 e. The van der Waals surface area contributed by atoms with Crippen LogP contribution < -0.4 is 4.83 Å². The number of aryl methyl sites for hydroxylation is 1. The fourth-order valence-corrected chi connectivity index (χ4v) is 3.87. The van der Waals surface area contributed by atoms with Gasteiger partial charge in [0.2, 0.25) is 0 Å².